The number of benzene rings is 1. The van der Waals surface area contributed by atoms with Crippen molar-refractivity contribution in [1.82, 2.24) is 9.55 Å². The second kappa shape index (κ2) is 9.11. The molecule has 0 amide bonds. The molecule has 0 bridgehead atoms. The normalized spacial score (nSPS) is 26.4. The van der Waals surface area contributed by atoms with Gasteiger partial charge in [-0.05, 0) is 61.5 Å². The molecule has 0 aliphatic heterocycles. The van der Waals surface area contributed by atoms with Crippen LogP contribution in [-0.2, 0) is 16.0 Å². The Morgan fingerprint density at radius 3 is 2.60 bits per heavy atom. The van der Waals surface area contributed by atoms with Gasteiger partial charge in [0.2, 0.25) is 0 Å². The van der Waals surface area contributed by atoms with Gasteiger partial charge < -0.3 is 9.30 Å². The van der Waals surface area contributed by atoms with Gasteiger partial charge in [0.25, 0.3) is 0 Å². The molecule has 1 unspecified atom stereocenters. The number of nitrogens with zero attached hydrogens (tertiary/aromatic N) is 2. The van der Waals surface area contributed by atoms with Crippen LogP contribution in [0.4, 0.5) is 0 Å². The first-order valence-electron chi connectivity index (χ1n) is 12.2. The molecule has 0 radical (unpaired) electrons. The highest BCUT2D eigenvalue weighted by molar-refractivity contribution is 5.81. The van der Waals surface area contributed by atoms with E-state index in [4.69, 9.17) is 9.72 Å². The van der Waals surface area contributed by atoms with Crippen LogP contribution in [0.25, 0.3) is 11.0 Å². The first-order chi connectivity index (χ1) is 14.5. The van der Waals surface area contributed by atoms with E-state index < -0.39 is 0 Å². The third-order valence-electron chi connectivity index (χ3n) is 7.58. The summed E-state index contributed by atoms with van der Waals surface area (Å²) in [4.78, 5) is 18.7. The number of carbonyl (C=O) groups excluding carboxylic acids is 1. The summed E-state index contributed by atoms with van der Waals surface area (Å²) >= 11 is 0. The Morgan fingerprint density at radius 1 is 1.17 bits per heavy atom. The molecule has 4 heteroatoms. The molecule has 1 heterocycles. The van der Waals surface area contributed by atoms with Gasteiger partial charge in [-0.2, -0.15) is 0 Å². The average Bonchev–Trinajstić information content (AvgIpc) is 3.37. The van der Waals surface area contributed by atoms with Gasteiger partial charge in [-0.15, -0.1) is 0 Å². The molecule has 30 heavy (non-hydrogen) atoms. The fraction of sp³-hybridized carbons (Fsp3) is 0.692. The van der Waals surface area contributed by atoms with Gasteiger partial charge in [0.1, 0.15) is 18.0 Å². The van der Waals surface area contributed by atoms with Crippen LogP contribution in [0.5, 0.6) is 0 Å². The molecule has 2 fully saturated rings. The molecule has 1 aromatic heterocycles. The zero-order chi connectivity index (χ0) is 21.3. The van der Waals surface area contributed by atoms with Crippen LogP contribution in [0.2, 0.25) is 0 Å². The van der Waals surface area contributed by atoms with Crippen molar-refractivity contribution in [3.05, 3.63) is 30.1 Å². The van der Waals surface area contributed by atoms with Gasteiger partial charge in [-0.3, -0.25) is 0 Å². The summed E-state index contributed by atoms with van der Waals surface area (Å²) in [6.45, 7) is 8.97. The van der Waals surface area contributed by atoms with E-state index in [1.54, 1.807) is 0 Å². The van der Waals surface area contributed by atoms with Crippen molar-refractivity contribution in [3.63, 3.8) is 0 Å². The predicted octanol–water partition coefficient (Wildman–Crippen LogP) is 6.33. The van der Waals surface area contributed by atoms with Crippen molar-refractivity contribution in [3.8, 4) is 0 Å². The fourth-order valence-electron chi connectivity index (χ4n) is 5.91. The summed E-state index contributed by atoms with van der Waals surface area (Å²) in [5.74, 6) is 2.97. The molecule has 4 rings (SSSR count). The molecular weight excluding hydrogens is 372 g/mol. The number of para-hydroxylation sites is 2. The first-order valence-corrected chi connectivity index (χ1v) is 12.2. The number of rotatable bonds is 6. The topological polar surface area (TPSA) is 44.1 Å². The molecule has 2 aliphatic carbocycles. The molecule has 1 aromatic carbocycles. The Kier molecular flexibility index (Phi) is 6.50. The number of esters is 1. The molecule has 4 nitrogen and oxygen atoms in total. The van der Waals surface area contributed by atoms with Gasteiger partial charge in [0.05, 0.1) is 11.0 Å². The molecule has 0 spiro atoms. The van der Waals surface area contributed by atoms with Crippen molar-refractivity contribution < 1.29 is 9.53 Å². The first kappa shape index (κ1) is 21.4. The maximum absolute atomic E-state index is 13.8. The second-order valence-electron chi connectivity index (χ2n) is 10.0. The van der Waals surface area contributed by atoms with E-state index in [1.165, 1.54) is 25.7 Å². The lowest BCUT2D eigenvalue weighted by Crippen LogP contribution is -2.39. The van der Waals surface area contributed by atoms with E-state index in [0.29, 0.717) is 23.7 Å². The average molecular weight is 411 g/mol. The molecule has 4 atom stereocenters. The third-order valence-corrected chi connectivity index (χ3v) is 7.58. The quantitative estimate of drug-likeness (QED) is 0.522. The van der Waals surface area contributed by atoms with E-state index in [1.807, 2.05) is 6.07 Å². The fourth-order valence-corrected chi connectivity index (χ4v) is 5.91. The Hall–Kier alpha value is -1.84. The number of fused-ring (bicyclic) bond motifs is 1. The zero-order valence-corrected chi connectivity index (χ0v) is 19.1. The van der Waals surface area contributed by atoms with Crippen molar-refractivity contribution >= 4 is 17.0 Å². The number of imidazole rings is 1. The largest absolute Gasteiger partial charge is 0.461 e. The van der Waals surface area contributed by atoms with Crippen LogP contribution in [0.15, 0.2) is 24.3 Å². The highest BCUT2D eigenvalue weighted by atomic mass is 16.5. The monoisotopic (exact) mass is 410 g/mol. The number of aromatic nitrogens is 2. The van der Waals surface area contributed by atoms with E-state index in [9.17, 15) is 4.79 Å². The summed E-state index contributed by atoms with van der Waals surface area (Å²) in [7, 11) is 0. The zero-order valence-electron chi connectivity index (χ0n) is 19.1. The number of hydrogen-bond donors (Lipinski definition) is 0. The van der Waals surface area contributed by atoms with Gasteiger partial charge in [0, 0.05) is 6.42 Å². The Labute approximate surface area is 181 Å². The van der Waals surface area contributed by atoms with E-state index >= 15 is 0 Å². The highest BCUT2D eigenvalue weighted by Crippen LogP contribution is 2.40. The van der Waals surface area contributed by atoms with Crippen LogP contribution < -0.4 is 0 Å². The van der Waals surface area contributed by atoms with Gasteiger partial charge in [-0.1, -0.05) is 59.1 Å². The summed E-state index contributed by atoms with van der Waals surface area (Å²) in [5.41, 5.74) is 2.05. The molecule has 164 valence electrons. The minimum Gasteiger partial charge on any atom is -0.461 e. The van der Waals surface area contributed by atoms with Crippen molar-refractivity contribution in [2.75, 3.05) is 0 Å². The maximum atomic E-state index is 13.8. The van der Waals surface area contributed by atoms with Gasteiger partial charge >= 0.3 is 5.97 Å². The van der Waals surface area contributed by atoms with Crippen LogP contribution in [0.3, 0.4) is 0 Å². The molecule has 2 saturated carbocycles. The highest BCUT2D eigenvalue weighted by Gasteiger charge is 2.39. The number of carbonyl (C=O) groups is 1. The lowest BCUT2D eigenvalue weighted by Gasteiger charge is -2.38. The van der Waals surface area contributed by atoms with Crippen LogP contribution in [0.1, 0.15) is 84.5 Å². The standard InChI is InChI=1S/C26H38N2O2/c1-5-24-27-21-12-8-9-13-22(21)28(24)25(19-10-6-7-11-19)26(29)30-23-16-18(4)14-15-20(23)17(2)3/h8-9,12-13,17-20,23,25H,5-7,10-11,14-16H2,1-4H3/t18-,20+,23?,25-/m1/s1. The number of ether oxygens (including phenoxy) is 1. The molecule has 2 aliphatic rings. The lowest BCUT2D eigenvalue weighted by molar-refractivity contribution is -0.161. The summed E-state index contributed by atoms with van der Waals surface area (Å²) < 4.78 is 8.62. The molecule has 0 N–H and O–H groups in total. The summed E-state index contributed by atoms with van der Waals surface area (Å²) in [5, 5.41) is 0. The molecule has 2 aromatic rings. The molecule has 0 saturated heterocycles. The Morgan fingerprint density at radius 2 is 1.90 bits per heavy atom. The van der Waals surface area contributed by atoms with Crippen LogP contribution >= 0.6 is 0 Å². The Balaban J connectivity index is 1.69. The lowest BCUT2D eigenvalue weighted by atomic mass is 9.75. The SMILES string of the molecule is CCc1nc2ccccc2n1[C@@H](C(=O)OC1C[C@H](C)CC[C@H]1C(C)C)C1CCCC1. The van der Waals surface area contributed by atoms with Crippen molar-refractivity contribution in [2.24, 2.45) is 23.7 Å². The predicted molar refractivity (Wildman–Crippen MR) is 121 cm³/mol. The summed E-state index contributed by atoms with van der Waals surface area (Å²) in [6, 6.07) is 7.99. The Bertz CT molecular complexity index is 865. The second-order valence-corrected chi connectivity index (χ2v) is 10.0. The third kappa shape index (κ3) is 4.15. The minimum absolute atomic E-state index is 0.0236. The number of hydrogen-bond acceptors (Lipinski definition) is 3. The van der Waals surface area contributed by atoms with Crippen molar-refractivity contribution in [2.45, 2.75) is 91.2 Å². The van der Waals surface area contributed by atoms with Crippen LogP contribution in [-0.4, -0.2) is 21.6 Å². The maximum Gasteiger partial charge on any atom is 0.329 e. The molecular formula is C26H38N2O2. The van der Waals surface area contributed by atoms with Gasteiger partial charge in [0.15, 0.2) is 0 Å². The minimum atomic E-state index is -0.250. The van der Waals surface area contributed by atoms with Crippen molar-refractivity contribution in [1.29, 1.82) is 0 Å². The summed E-state index contributed by atoms with van der Waals surface area (Å²) in [6.07, 6.45) is 8.89. The van der Waals surface area contributed by atoms with E-state index in [0.717, 1.165) is 42.5 Å². The smallest absolute Gasteiger partial charge is 0.329 e. The van der Waals surface area contributed by atoms with E-state index in [2.05, 4.69) is 50.5 Å². The number of aryl methyl sites for hydroxylation is 1. The van der Waals surface area contributed by atoms with Gasteiger partial charge in [-0.25, -0.2) is 9.78 Å². The van der Waals surface area contributed by atoms with Crippen LogP contribution in [0, 0.1) is 23.7 Å². The van der Waals surface area contributed by atoms with E-state index in [-0.39, 0.29) is 18.1 Å².